The van der Waals surface area contributed by atoms with Gasteiger partial charge in [-0.2, -0.15) is 0 Å². The van der Waals surface area contributed by atoms with Gasteiger partial charge in [-0.3, -0.25) is 4.79 Å². The highest BCUT2D eigenvalue weighted by Gasteiger charge is 2.27. The van der Waals surface area contributed by atoms with Gasteiger partial charge in [0.1, 0.15) is 6.04 Å². The summed E-state index contributed by atoms with van der Waals surface area (Å²) in [7, 11) is 0. The highest BCUT2D eigenvalue weighted by Crippen LogP contribution is 1.96. The number of carbonyl (C=O) groups is 1. The number of hydrogen-bond acceptors (Lipinski definition) is 6. The van der Waals surface area contributed by atoms with E-state index in [0.29, 0.717) is 0 Å². The van der Waals surface area contributed by atoms with Crippen LogP contribution in [0.25, 0.3) is 0 Å². The minimum Gasteiger partial charge on any atom is -0.480 e. The highest BCUT2D eigenvalue weighted by molar-refractivity contribution is 6.17. The molecule has 0 fully saturated rings. The number of carboxylic acids is 1. The van der Waals surface area contributed by atoms with E-state index in [0.717, 1.165) is 0 Å². The fourth-order valence-electron chi connectivity index (χ4n) is 0.754. The van der Waals surface area contributed by atoms with Crippen LogP contribution in [0, 0.1) is 10.8 Å². The van der Waals surface area contributed by atoms with Gasteiger partial charge in [-0.15, -0.1) is 0 Å². The second-order valence-electron chi connectivity index (χ2n) is 2.88. The second kappa shape index (κ2) is 4.80. The first-order chi connectivity index (χ1) is 6.29. The molecule has 0 radical (unpaired) electrons. The smallest absolute Gasteiger partial charge is 0.326 e. The summed E-state index contributed by atoms with van der Waals surface area (Å²) < 4.78 is 0. The van der Waals surface area contributed by atoms with Crippen molar-refractivity contribution in [3.05, 3.63) is 0 Å². The molecule has 0 aromatic carbocycles. The van der Waals surface area contributed by atoms with Gasteiger partial charge in [0.2, 0.25) is 0 Å². The predicted octanol–water partition coefficient (Wildman–Crippen LogP) is -1.85. The van der Waals surface area contributed by atoms with Gasteiger partial charge in [0.25, 0.3) is 0 Å². The van der Waals surface area contributed by atoms with E-state index in [1.54, 1.807) is 0 Å². The molecule has 0 amide bonds. The summed E-state index contributed by atoms with van der Waals surface area (Å²) in [4.78, 5) is 10.4. The molecule has 8 N–H and O–H groups in total. The van der Waals surface area contributed by atoms with E-state index in [2.05, 4.69) is 0 Å². The van der Waals surface area contributed by atoms with Gasteiger partial charge in [-0.25, -0.2) is 0 Å². The standard InChI is InChI=1S/C7H14N4O3/c1-2(12)3(8)4(9)5(10)6(11)7(13)14/h2,4,6,8,10,12H,9,11H2,1H3,(H,13,14). The number of aliphatic carboxylic acids is 1. The lowest BCUT2D eigenvalue weighted by Gasteiger charge is -2.18. The third-order valence-electron chi connectivity index (χ3n) is 1.72. The normalized spacial score (nSPS) is 16.9. The van der Waals surface area contributed by atoms with Crippen molar-refractivity contribution in [3.8, 4) is 0 Å². The van der Waals surface area contributed by atoms with Crippen LogP contribution in [0.5, 0.6) is 0 Å². The molecule has 7 nitrogen and oxygen atoms in total. The molecule has 0 spiro atoms. The summed E-state index contributed by atoms with van der Waals surface area (Å²) >= 11 is 0. The summed E-state index contributed by atoms with van der Waals surface area (Å²) in [5.74, 6) is -1.39. The van der Waals surface area contributed by atoms with Gasteiger partial charge in [0.15, 0.2) is 0 Å². The number of aliphatic hydroxyl groups excluding tert-OH is 1. The van der Waals surface area contributed by atoms with Gasteiger partial charge in [-0.1, -0.05) is 0 Å². The first-order valence-electron chi connectivity index (χ1n) is 3.87. The Balaban J connectivity index is 4.55. The Morgan fingerprint density at radius 2 is 1.64 bits per heavy atom. The fourth-order valence-corrected chi connectivity index (χ4v) is 0.754. The molecule has 0 saturated carbocycles. The average Bonchev–Trinajstić information content (AvgIpc) is 2.12. The molecular formula is C7H14N4O3. The summed E-state index contributed by atoms with van der Waals surface area (Å²) in [5, 5.41) is 32.0. The van der Waals surface area contributed by atoms with Gasteiger partial charge in [-0.05, 0) is 6.92 Å². The summed E-state index contributed by atoms with van der Waals surface area (Å²) in [6, 6.07) is -2.79. The van der Waals surface area contributed by atoms with Crippen LogP contribution in [0.3, 0.4) is 0 Å². The van der Waals surface area contributed by atoms with Crippen molar-refractivity contribution in [3.63, 3.8) is 0 Å². The van der Waals surface area contributed by atoms with Crippen LogP contribution in [0.4, 0.5) is 0 Å². The molecule has 0 bridgehead atoms. The number of aliphatic hydroxyl groups is 1. The van der Waals surface area contributed by atoms with Crippen LogP contribution in [-0.4, -0.2) is 45.8 Å². The van der Waals surface area contributed by atoms with Crippen LogP contribution in [0.1, 0.15) is 6.92 Å². The number of hydrogen-bond donors (Lipinski definition) is 6. The highest BCUT2D eigenvalue weighted by atomic mass is 16.4. The van der Waals surface area contributed by atoms with Gasteiger partial charge in [0, 0.05) is 0 Å². The zero-order valence-corrected chi connectivity index (χ0v) is 7.69. The van der Waals surface area contributed by atoms with Crippen molar-refractivity contribution in [1.82, 2.24) is 0 Å². The molecule has 0 rings (SSSR count). The van der Waals surface area contributed by atoms with Crippen molar-refractivity contribution in [2.45, 2.75) is 25.1 Å². The Morgan fingerprint density at radius 1 is 1.21 bits per heavy atom. The third kappa shape index (κ3) is 2.87. The van der Waals surface area contributed by atoms with Crippen LogP contribution < -0.4 is 11.5 Å². The Bertz CT molecular complexity index is 264. The van der Waals surface area contributed by atoms with E-state index in [4.69, 9.17) is 32.5 Å². The van der Waals surface area contributed by atoms with Crippen molar-refractivity contribution in [2.24, 2.45) is 11.5 Å². The first-order valence-corrected chi connectivity index (χ1v) is 3.87. The van der Waals surface area contributed by atoms with E-state index in [9.17, 15) is 4.79 Å². The summed E-state index contributed by atoms with van der Waals surface area (Å²) in [5.41, 5.74) is 9.64. The third-order valence-corrected chi connectivity index (χ3v) is 1.72. The quantitative estimate of drug-likeness (QED) is 0.288. The maximum Gasteiger partial charge on any atom is 0.326 e. The first kappa shape index (κ1) is 12.7. The molecule has 80 valence electrons. The Kier molecular flexibility index (Phi) is 4.35. The number of carboxylic acid groups (broad SMARTS) is 1. The van der Waals surface area contributed by atoms with Crippen molar-refractivity contribution in [2.75, 3.05) is 0 Å². The summed E-state index contributed by atoms with van der Waals surface area (Å²) in [6.45, 7) is 1.31. The molecule has 0 aliphatic rings. The van der Waals surface area contributed by atoms with E-state index in [-0.39, 0.29) is 5.71 Å². The second-order valence-corrected chi connectivity index (χ2v) is 2.88. The lowest BCUT2D eigenvalue weighted by Crippen LogP contribution is -2.52. The van der Waals surface area contributed by atoms with Crippen molar-refractivity contribution in [1.29, 1.82) is 10.8 Å². The van der Waals surface area contributed by atoms with Crippen LogP contribution in [-0.2, 0) is 4.79 Å². The molecule has 0 aliphatic heterocycles. The lowest BCUT2D eigenvalue weighted by molar-refractivity contribution is -0.136. The molecule has 0 saturated heterocycles. The van der Waals surface area contributed by atoms with Gasteiger partial charge < -0.3 is 32.5 Å². The zero-order valence-electron chi connectivity index (χ0n) is 7.69. The van der Waals surface area contributed by atoms with Gasteiger partial charge >= 0.3 is 5.97 Å². The predicted molar refractivity (Wildman–Crippen MR) is 50.7 cm³/mol. The Labute approximate surface area is 80.7 Å². The van der Waals surface area contributed by atoms with E-state index in [1.165, 1.54) is 6.92 Å². The minimum atomic E-state index is -1.54. The lowest BCUT2D eigenvalue weighted by atomic mass is 9.98. The van der Waals surface area contributed by atoms with Crippen molar-refractivity contribution >= 4 is 17.4 Å². The van der Waals surface area contributed by atoms with E-state index in [1.807, 2.05) is 0 Å². The van der Waals surface area contributed by atoms with Gasteiger partial charge in [0.05, 0.1) is 23.6 Å². The molecule has 0 aromatic heterocycles. The monoisotopic (exact) mass is 202 g/mol. The van der Waals surface area contributed by atoms with E-state index >= 15 is 0 Å². The number of nitrogens with two attached hydrogens (primary N) is 2. The fraction of sp³-hybridized carbons (Fsp3) is 0.571. The molecule has 0 aromatic rings. The number of rotatable bonds is 5. The maximum absolute atomic E-state index is 10.4. The minimum absolute atomic E-state index is 0.327. The molecule has 0 aliphatic carbocycles. The van der Waals surface area contributed by atoms with Crippen LogP contribution in [0.15, 0.2) is 0 Å². The number of nitrogens with one attached hydrogen (secondary N) is 2. The largest absolute Gasteiger partial charge is 0.480 e. The van der Waals surface area contributed by atoms with Crippen LogP contribution >= 0.6 is 0 Å². The molecule has 14 heavy (non-hydrogen) atoms. The molecule has 3 unspecified atom stereocenters. The maximum atomic E-state index is 10.4. The topological polar surface area (TPSA) is 157 Å². The van der Waals surface area contributed by atoms with E-state index < -0.39 is 29.9 Å². The van der Waals surface area contributed by atoms with Crippen LogP contribution in [0.2, 0.25) is 0 Å². The molecule has 3 atom stereocenters. The average molecular weight is 202 g/mol. The SMILES string of the molecule is CC(O)C(=N)C(N)C(=N)C(N)C(=O)O. The Morgan fingerprint density at radius 3 is 1.93 bits per heavy atom. The molecule has 7 heteroatoms. The molecular weight excluding hydrogens is 188 g/mol. The Hall–Kier alpha value is -1.31. The molecule has 0 heterocycles. The van der Waals surface area contributed by atoms with Crippen molar-refractivity contribution < 1.29 is 15.0 Å². The zero-order chi connectivity index (χ0) is 11.5. The summed E-state index contributed by atoms with van der Waals surface area (Å²) in [6.07, 6.45) is -1.12.